The van der Waals surface area contributed by atoms with Crippen LogP contribution in [0.1, 0.15) is 114 Å². The van der Waals surface area contributed by atoms with E-state index in [4.69, 9.17) is 0 Å². The zero-order valence-electron chi connectivity index (χ0n) is 26.4. The third-order valence-corrected chi connectivity index (χ3v) is 10.1. The van der Waals surface area contributed by atoms with Gasteiger partial charge >= 0.3 is 0 Å². The second-order valence-electron chi connectivity index (χ2n) is 12.4. The van der Waals surface area contributed by atoms with Gasteiger partial charge in [-0.05, 0) is 78.1 Å². The van der Waals surface area contributed by atoms with Gasteiger partial charge in [0.05, 0.1) is 0 Å². The van der Waals surface area contributed by atoms with E-state index in [0.29, 0.717) is 0 Å². The zero-order chi connectivity index (χ0) is 30.9. The number of hydrogen-bond donors (Lipinski definition) is 0. The van der Waals surface area contributed by atoms with E-state index in [1.54, 1.807) is 12.1 Å². The minimum absolute atomic E-state index is 0.0270. The third-order valence-electron chi connectivity index (χ3n) is 9.08. The van der Waals surface area contributed by atoms with Crippen LogP contribution in [0.2, 0.25) is 0 Å². The number of aryl methyl sites for hydroxylation is 2. The molecular formula is C39H47Br2FN2. The normalized spacial score (nSPS) is 11.9. The van der Waals surface area contributed by atoms with E-state index >= 15 is 0 Å². The number of halogens is 3. The zero-order valence-corrected chi connectivity index (χ0v) is 29.6. The van der Waals surface area contributed by atoms with Crippen LogP contribution in [0.4, 0.5) is 4.39 Å². The Hall–Kier alpha value is -2.37. The van der Waals surface area contributed by atoms with Crippen LogP contribution in [0, 0.1) is 5.82 Å². The molecule has 44 heavy (non-hydrogen) atoms. The van der Waals surface area contributed by atoms with Gasteiger partial charge in [0, 0.05) is 62.2 Å². The van der Waals surface area contributed by atoms with Gasteiger partial charge in [-0.15, -0.1) is 0 Å². The molecule has 0 radical (unpaired) electrons. The fourth-order valence-corrected chi connectivity index (χ4v) is 7.45. The highest BCUT2D eigenvalue weighted by Crippen LogP contribution is 2.42. The van der Waals surface area contributed by atoms with Gasteiger partial charge in [-0.1, -0.05) is 122 Å². The Labute approximate surface area is 280 Å². The van der Waals surface area contributed by atoms with Crippen molar-refractivity contribution in [1.82, 2.24) is 9.13 Å². The molecule has 0 saturated carbocycles. The minimum Gasteiger partial charge on any atom is -0.347 e. The molecule has 234 valence electrons. The van der Waals surface area contributed by atoms with Crippen LogP contribution >= 0.6 is 31.9 Å². The number of benzene rings is 3. The molecule has 0 aliphatic carbocycles. The molecule has 0 spiro atoms. The molecule has 5 rings (SSSR count). The lowest BCUT2D eigenvalue weighted by atomic mass is 9.85. The number of hydrogen-bond acceptors (Lipinski definition) is 0. The summed E-state index contributed by atoms with van der Waals surface area (Å²) in [6.07, 6.45) is 20.1. The first-order valence-corrected chi connectivity index (χ1v) is 18.4. The molecule has 3 aromatic carbocycles. The fourth-order valence-electron chi connectivity index (χ4n) is 6.73. The molecule has 2 nitrogen and oxygen atoms in total. The van der Waals surface area contributed by atoms with Gasteiger partial charge in [-0.25, -0.2) is 4.39 Å². The standard InChI is InChI=1S/C39H47Br2FN2/c1-3-5-7-9-11-13-23-43-27-35(33-25-30(40)17-21-37(33)43)39(29-15-19-32(42)20-16-29)36-28-44(24-14-12-10-8-6-4-2)38-22-18-31(41)26-34(36)38/h15-22,25-28,39H,3-14,23-24H2,1-2H3. The van der Waals surface area contributed by atoms with Crippen molar-refractivity contribution in [2.75, 3.05) is 0 Å². The highest BCUT2D eigenvalue weighted by Gasteiger charge is 2.26. The molecule has 0 aliphatic rings. The quantitative estimate of drug-likeness (QED) is 0.0846. The first kappa shape index (κ1) is 33.0. The number of fused-ring (bicyclic) bond motifs is 2. The second-order valence-corrected chi connectivity index (χ2v) is 14.2. The maximum Gasteiger partial charge on any atom is 0.123 e. The van der Waals surface area contributed by atoms with E-state index in [0.717, 1.165) is 27.6 Å². The maximum atomic E-state index is 14.3. The van der Waals surface area contributed by atoms with Crippen LogP contribution < -0.4 is 0 Å². The molecule has 5 heteroatoms. The second kappa shape index (κ2) is 16.3. The van der Waals surface area contributed by atoms with Crippen LogP contribution in [0.5, 0.6) is 0 Å². The van der Waals surface area contributed by atoms with Gasteiger partial charge < -0.3 is 9.13 Å². The van der Waals surface area contributed by atoms with E-state index in [-0.39, 0.29) is 11.7 Å². The van der Waals surface area contributed by atoms with Gasteiger partial charge in [0.15, 0.2) is 0 Å². The van der Waals surface area contributed by atoms with Crippen LogP contribution in [-0.2, 0) is 13.1 Å². The number of aromatic nitrogens is 2. The molecule has 0 aliphatic heterocycles. The van der Waals surface area contributed by atoms with Crippen LogP contribution in [0.3, 0.4) is 0 Å². The molecule has 0 N–H and O–H groups in total. The predicted octanol–water partition coefficient (Wildman–Crippen LogP) is 13.2. The molecular weight excluding hydrogens is 675 g/mol. The van der Waals surface area contributed by atoms with E-state index in [1.807, 2.05) is 12.1 Å². The largest absolute Gasteiger partial charge is 0.347 e. The molecule has 0 fully saturated rings. The van der Waals surface area contributed by atoms with Crippen molar-refractivity contribution < 1.29 is 4.39 Å². The van der Waals surface area contributed by atoms with E-state index in [2.05, 4.69) is 104 Å². The van der Waals surface area contributed by atoms with Crippen molar-refractivity contribution in [2.24, 2.45) is 0 Å². The molecule has 0 atom stereocenters. The van der Waals surface area contributed by atoms with Crippen molar-refractivity contribution in [2.45, 2.75) is 110 Å². The summed E-state index contributed by atoms with van der Waals surface area (Å²) in [5, 5.41) is 2.51. The topological polar surface area (TPSA) is 9.86 Å². The highest BCUT2D eigenvalue weighted by atomic mass is 79.9. The van der Waals surface area contributed by atoms with Crippen molar-refractivity contribution in [3.8, 4) is 0 Å². The minimum atomic E-state index is -0.200. The van der Waals surface area contributed by atoms with Crippen molar-refractivity contribution in [1.29, 1.82) is 0 Å². The van der Waals surface area contributed by atoms with E-state index in [1.165, 1.54) is 110 Å². The van der Waals surface area contributed by atoms with Crippen molar-refractivity contribution in [3.05, 3.63) is 105 Å². The van der Waals surface area contributed by atoms with Gasteiger partial charge in [-0.2, -0.15) is 0 Å². The van der Waals surface area contributed by atoms with E-state index in [9.17, 15) is 4.39 Å². The third kappa shape index (κ3) is 8.07. The summed E-state index contributed by atoms with van der Waals surface area (Å²) in [7, 11) is 0. The van der Waals surface area contributed by atoms with Crippen LogP contribution in [-0.4, -0.2) is 9.13 Å². The number of rotatable bonds is 17. The monoisotopic (exact) mass is 720 g/mol. The highest BCUT2D eigenvalue weighted by molar-refractivity contribution is 9.10. The lowest BCUT2D eigenvalue weighted by Gasteiger charge is -2.18. The Morgan fingerprint density at radius 3 is 1.45 bits per heavy atom. The SMILES string of the molecule is CCCCCCCCn1cc(C(c2ccc(F)cc2)c2cn(CCCCCCCC)c3ccc(Br)cc23)c2cc(Br)ccc21. The summed E-state index contributed by atoms with van der Waals surface area (Å²) >= 11 is 7.54. The van der Waals surface area contributed by atoms with Crippen molar-refractivity contribution >= 4 is 53.7 Å². The van der Waals surface area contributed by atoms with Crippen molar-refractivity contribution in [3.63, 3.8) is 0 Å². The van der Waals surface area contributed by atoms with Crippen LogP contribution in [0.25, 0.3) is 21.8 Å². The Balaban J connectivity index is 1.57. The Morgan fingerprint density at radius 1 is 0.568 bits per heavy atom. The molecule has 5 aromatic rings. The Bertz CT molecular complexity index is 1530. The Morgan fingerprint density at radius 2 is 1.00 bits per heavy atom. The predicted molar refractivity (Wildman–Crippen MR) is 193 cm³/mol. The Kier molecular flexibility index (Phi) is 12.2. The van der Waals surface area contributed by atoms with Gasteiger partial charge in [0.2, 0.25) is 0 Å². The molecule has 2 aromatic heterocycles. The summed E-state index contributed by atoms with van der Waals surface area (Å²) in [6.45, 7) is 6.55. The smallest absolute Gasteiger partial charge is 0.123 e. The summed E-state index contributed by atoms with van der Waals surface area (Å²) in [5.74, 6) is -0.227. The fraction of sp³-hybridized carbons (Fsp3) is 0.436. The first-order valence-electron chi connectivity index (χ1n) is 16.8. The number of unbranched alkanes of at least 4 members (excludes halogenated alkanes) is 10. The van der Waals surface area contributed by atoms with Gasteiger partial charge in [0.25, 0.3) is 0 Å². The molecule has 0 saturated heterocycles. The lowest BCUT2D eigenvalue weighted by molar-refractivity contribution is 0.564. The van der Waals surface area contributed by atoms with E-state index < -0.39 is 0 Å². The molecule has 0 unspecified atom stereocenters. The maximum absolute atomic E-state index is 14.3. The molecule has 0 bridgehead atoms. The van der Waals surface area contributed by atoms with Crippen LogP contribution in [0.15, 0.2) is 82.0 Å². The first-order chi connectivity index (χ1) is 21.5. The average molecular weight is 723 g/mol. The summed E-state index contributed by atoms with van der Waals surface area (Å²) in [5.41, 5.74) is 6.19. The number of nitrogens with zero attached hydrogens (tertiary/aromatic N) is 2. The lowest BCUT2D eigenvalue weighted by Crippen LogP contribution is -2.04. The van der Waals surface area contributed by atoms with Gasteiger partial charge in [0.1, 0.15) is 5.82 Å². The average Bonchev–Trinajstić information content (AvgIpc) is 3.55. The summed E-state index contributed by atoms with van der Waals surface area (Å²) in [6, 6.07) is 20.5. The summed E-state index contributed by atoms with van der Waals surface area (Å²) < 4.78 is 21.3. The van der Waals surface area contributed by atoms with Gasteiger partial charge in [-0.3, -0.25) is 0 Å². The molecule has 2 heterocycles. The molecule has 0 amide bonds. The summed E-state index contributed by atoms with van der Waals surface area (Å²) in [4.78, 5) is 0.